The standard InChI is InChI=1S/C14H25NO6/c1-2-3-7-20-14(9-15-6-4-5-11(15)17)13(19)12(18)10(8-16)21-14/h10,12-13,16,18-19H,2-9H2,1H3/t10-,12-,13+,14+/m0/s1. The zero-order chi connectivity index (χ0) is 15.5. The molecule has 1 amide bonds. The van der Waals surface area contributed by atoms with Crippen LogP contribution in [-0.2, 0) is 14.3 Å². The first kappa shape index (κ1) is 16.6. The van der Waals surface area contributed by atoms with Gasteiger partial charge in [-0.15, -0.1) is 0 Å². The molecule has 2 fully saturated rings. The third-order valence-electron chi connectivity index (χ3n) is 4.11. The van der Waals surface area contributed by atoms with Crippen LogP contribution in [0.1, 0.15) is 32.6 Å². The molecule has 4 atom stereocenters. The van der Waals surface area contributed by atoms with Crippen molar-refractivity contribution in [3.63, 3.8) is 0 Å². The van der Waals surface area contributed by atoms with Crippen LogP contribution in [-0.4, -0.2) is 76.5 Å². The Hall–Kier alpha value is -0.730. The zero-order valence-electron chi connectivity index (χ0n) is 12.4. The van der Waals surface area contributed by atoms with Gasteiger partial charge in [0.2, 0.25) is 11.7 Å². The summed E-state index contributed by atoms with van der Waals surface area (Å²) >= 11 is 0. The molecule has 0 aliphatic carbocycles. The van der Waals surface area contributed by atoms with Crippen molar-refractivity contribution in [2.24, 2.45) is 0 Å². The second kappa shape index (κ2) is 7.02. The number of hydrogen-bond donors (Lipinski definition) is 3. The number of unbranched alkanes of at least 4 members (excludes halogenated alkanes) is 1. The highest BCUT2D eigenvalue weighted by Crippen LogP contribution is 2.34. The third-order valence-corrected chi connectivity index (χ3v) is 4.11. The summed E-state index contributed by atoms with van der Waals surface area (Å²) in [6.07, 6.45) is -0.473. The van der Waals surface area contributed by atoms with Gasteiger partial charge >= 0.3 is 0 Å². The highest BCUT2D eigenvalue weighted by molar-refractivity contribution is 5.78. The lowest BCUT2D eigenvalue weighted by Gasteiger charge is -2.35. The van der Waals surface area contributed by atoms with Crippen molar-refractivity contribution in [2.75, 3.05) is 26.3 Å². The van der Waals surface area contributed by atoms with Crippen LogP contribution in [0.15, 0.2) is 0 Å². The van der Waals surface area contributed by atoms with E-state index in [9.17, 15) is 20.1 Å². The number of ether oxygens (including phenoxy) is 2. The summed E-state index contributed by atoms with van der Waals surface area (Å²) < 4.78 is 11.3. The minimum absolute atomic E-state index is 0.00814. The highest BCUT2D eigenvalue weighted by atomic mass is 16.7. The van der Waals surface area contributed by atoms with Crippen LogP contribution in [0, 0.1) is 0 Å². The summed E-state index contributed by atoms with van der Waals surface area (Å²) in [5.41, 5.74) is 0. The van der Waals surface area contributed by atoms with E-state index in [1.807, 2.05) is 6.92 Å². The van der Waals surface area contributed by atoms with Crippen LogP contribution < -0.4 is 0 Å². The number of amides is 1. The summed E-state index contributed by atoms with van der Waals surface area (Å²) in [5.74, 6) is -1.46. The predicted molar refractivity (Wildman–Crippen MR) is 73.4 cm³/mol. The normalized spacial score (nSPS) is 36.7. The van der Waals surface area contributed by atoms with Crippen molar-refractivity contribution < 1.29 is 29.6 Å². The molecule has 2 saturated heterocycles. The first-order valence-corrected chi connectivity index (χ1v) is 7.60. The van der Waals surface area contributed by atoms with Gasteiger partial charge in [0, 0.05) is 13.0 Å². The smallest absolute Gasteiger partial charge is 0.222 e. The molecule has 122 valence electrons. The van der Waals surface area contributed by atoms with Crippen molar-refractivity contribution in [2.45, 2.75) is 56.7 Å². The Kier molecular flexibility index (Phi) is 5.56. The van der Waals surface area contributed by atoms with Gasteiger partial charge in [-0.25, -0.2) is 0 Å². The van der Waals surface area contributed by atoms with Gasteiger partial charge in [0.1, 0.15) is 18.3 Å². The number of nitrogens with zero attached hydrogens (tertiary/aromatic N) is 1. The Morgan fingerprint density at radius 1 is 1.48 bits per heavy atom. The van der Waals surface area contributed by atoms with Gasteiger partial charge in [-0.2, -0.15) is 0 Å². The van der Waals surface area contributed by atoms with Gasteiger partial charge < -0.3 is 29.7 Å². The molecular weight excluding hydrogens is 278 g/mol. The molecule has 7 heteroatoms. The van der Waals surface area contributed by atoms with Crippen LogP contribution in [0.3, 0.4) is 0 Å². The maximum Gasteiger partial charge on any atom is 0.222 e. The lowest BCUT2D eigenvalue weighted by Crippen LogP contribution is -2.54. The molecule has 3 N–H and O–H groups in total. The molecule has 0 saturated carbocycles. The van der Waals surface area contributed by atoms with E-state index < -0.39 is 30.7 Å². The van der Waals surface area contributed by atoms with Crippen molar-refractivity contribution in [1.82, 2.24) is 4.90 Å². The summed E-state index contributed by atoms with van der Waals surface area (Å²) in [5, 5.41) is 29.5. The zero-order valence-corrected chi connectivity index (χ0v) is 12.4. The third kappa shape index (κ3) is 3.37. The summed E-state index contributed by atoms with van der Waals surface area (Å²) in [6.45, 7) is 2.63. The lowest BCUT2D eigenvalue weighted by atomic mass is 10.0. The van der Waals surface area contributed by atoms with Crippen LogP contribution in [0.5, 0.6) is 0 Å². The molecule has 0 unspecified atom stereocenters. The lowest BCUT2D eigenvalue weighted by molar-refractivity contribution is -0.266. The molecule has 2 aliphatic heterocycles. The quantitative estimate of drug-likeness (QED) is 0.534. The second-order valence-electron chi connectivity index (χ2n) is 5.71. The monoisotopic (exact) mass is 303 g/mol. The van der Waals surface area contributed by atoms with E-state index in [1.54, 1.807) is 4.90 Å². The Morgan fingerprint density at radius 3 is 2.76 bits per heavy atom. The number of aliphatic hydroxyl groups excluding tert-OH is 3. The molecule has 2 heterocycles. The molecular formula is C14H25NO6. The van der Waals surface area contributed by atoms with Crippen molar-refractivity contribution in [3.8, 4) is 0 Å². The molecule has 0 aromatic rings. The summed E-state index contributed by atoms with van der Waals surface area (Å²) in [4.78, 5) is 13.4. The minimum atomic E-state index is -1.46. The van der Waals surface area contributed by atoms with Gasteiger partial charge in [-0.1, -0.05) is 13.3 Å². The predicted octanol–water partition coefficient (Wildman–Crippen LogP) is -0.765. The van der Waals surface area contributed by atoms with Gasteiger partial charge in [0.05, 0.1) is 19.8 Å². The fourth-order valence-corrected chi connectivity index (χ4v) is 2.83. The van der Waals surface area contributed by atoms with E-state index in [0.29, 0.717) is 19.6 Å². The van der Waals surface area contributed by atoms with Crippen molar-refractivity contribution in [1.29, 1.82) is 0 Å². The largest absolute Gasteiger partial charge is 0.394 e. The number of aliphatic hydroxyl groups is 3. The summed E-state index contributed by atoms with van der Waals surface area (Å²) in [7, 11) is 0. The molecule has 2 aliphatic rings. The van der Waals surface area contributed by atoms with Gasteiger partial charge in [0.15, 0.2) is 0 Å². The maximum absolute atomic E-state index is 11.8. The van der Waals surface area contributed by atoms with Gasteiger partial charge in [-0.3, -0.25) is 4.79 Å². The van der Waals surface area contributed by atoms with E-state index in [1.165, 1.54) is 0 Å². The van der Waals surface area contributed by atoms with Crippen LogP contribution >= 0.6 is 0 Å². The molecule has 0 aromatic heterocycles. The number of hydrogen-bond acceptors (Lipinski definition) is 6. The Morgan fingerprint density at radius 2 is 2.24 bits per heavy atom. The average molecular weight is 303 g/mol. The molecule has 0 bridgehead atoms. The van der Waals surface area contributed by atoms with E-state index in [2.05, 4.69) is 0 Å². The Balaban J connectivity index is 2.12. The van der Waals surface area contributed by atoms with Crippen LogP contribution in [0.25, 0.3) is 0 Å². The fraction of sp³-hybridized carbons (Fsp3) is 0.929. The molecule has 0 spiro atoms. The van der Waals surface area contributed by atoms with Crippen LogP contribution in [0.2, 0.25) is 0 Å². The number of likely N-dealkylation sites (tertiary alicyclic amines) is 1. The number of carbonyl (C=O) groups excluding carboxylic acids is 1. The molecule has 0 aromatic carbocycles. The fourth-order valence-electron chi connectivity index (χ4n) is 2.83. The topological polar surface area (TPSA) is 99.5 Å². The molecule has 2 rings (SSSR count). The first-order chi connectivity index (χ1) is 10.0. The van der Waals surface area contributed by atoms with E-state index >= 15 is 0 Å². The molecule has 21 heavy (non-hydrogen) atoms. The number of carbonyl (C=O) groups is 1. The van der Waals surface area contributed by atoms with Gasteiger partial charge in [-0.05, 0) is 12.8 Å². The van der Waals surface area contributed by atoms with E-state index in [4.69, 9.17) is 9.47 Å². The summed E-state index contributed by atoms with van der Waals surface area (Å²) in [6, 6.07) is 0. The average Bonchev–Trinajstić information content (AvgIpc) is 2.97. The Bertz CT molecular complexity index is 365. The van der Waals surface area contributed by atoms with E-state index in [0.717, 1.165) is 19.3 Å². The number of rotatable bonds is 7. The van der Waals surface area contributed by atoms with E-state index in [-0.39, 0.29) is 12.5 Å². The van der Waals surface area contributed by atoms with Crippen LogP contribution in [0.4, 0.5) is 0 Å². The van der Waals surface area contributed by atoms with Crippen molar-refractivity contribution >= 4 is 5.91 Å². The Labute approximate surface area is 124 Å². The van der Waals surface area contributed by atoms with Gasteiger partial charge in [0.25, 0.3) is 0 Å². The maximum atomic E-state index is 11.8. The highest BCUT2D eigenvalue weighted by Gasteiger charge is 2.56. The van der Waals surface area contributed by atoms with Crippen molar-refractivity contribution in [3.05, 3.63) is 0 Å². The SMILES string of the molecule is CCCCO[C@]1(CN2CCCC2=O)O[C@@H](CO)[C@H](O)[C@H]1O. The second-order valence-corrected chi connectivity index (χ2v) is 5.71. The molecule has 7 nitrogen and oxygen atoms in total. The minimum Gasteiger partial charge on any atom is -0.394 e. The first-order valence-electron chi connectivity index (χ1n) is 7.60. The molecule has 0 radical (unpaired) electrons.